The van der Waals surface area contributed by atoms with Gasteiger partial charge in [0.05, 0.1) is 5.52 Å². The minimum absolute atomic E-state index is 0.0343. The van der Waals surface area contributed by atoms with Crippen LogP contribution in [-0.2, 0) is 0 Å². The van der Waals surface area contributed by atoms with Gasteiger partial charge in [-0.1, -0.05) is 24.3 Å². The second-order valence-corrected chi connectivity index (χ2v) is 5.19. The molecule has 0 N–H and O–H groups in total. The molecule has 0 fully saturated rings. The molecule has 0 saturated carbocycles. The lowest BCUT2D eigenvalue weighted by Crippen LogP contribution is -2.06. The summed E-state index contributed by atoms with van der Waals surface area (Å²) in [6.45, 7) is 0. The Morgan fingerprint density at radius 3 is 2.81 bits per heavy atom. The zero-order chi connectivity index (χ0) is 14.8. The number of thioether (sulfide) groups is 1. The van der Waals surface area contributed by atoms with Crippen molar-refractivity contribution in [3.05, 3.63) is 58.4 Å². The normalized spacial score (nSPS) is 10.5. The third-order valence-corrected chi connectivity index (χ3v) is 3.86. The van der Waals surface area contributed by atoms with Gasteiger partial charge in [0.25, 0.3) is 0 Å². The Morgan fingerprint density at radius 2 is 2.05 bits per heavy atom. The van der Waals surface area contributed by atoms with Crippen molar-refractivity contribution in [1.82, 2.24) is 4.98 Å². The zero-order valence-electron chi connectivity index (χ0n) is 11.2. The number of nitrogens with zero attached hydrogens (tertiary/aromatic N) is 2. The van der Waals surface area contributed by atoms with Crippen LogP contribution in [0.5, 0.6) is 0 Å². The van der Waals surface area contributed by atoms with Crippen LogP contribution in [-0.4, -0.2) is 11.2 Å². The predicted octanol–water partition coefficient (Wildman–Crippen LogP) is 3.45. The number of benzene rings is 1. The highest BCUT2D eigenvalue weighted by Crippen LogP contribution is 2.25. The molecule has 0 unspecified atom stereocenters. The predicted molar refractivity (Wildman–Crippen MR) is 82.2 cm³/mol. The maximum absolute atomic E-state index is 11.9. The van der Waals surface area contributed by atoms with E-state index in [1.54, 1.807) is 12.1 Å². The molecule has 3 aromatic rings. The first kappa shape index (κ1) is 13.4. The molecule has 0 aliphatic heterocycles. The van der Waals surface area contributed by atoms with E-state index in [1.807, 2.05) is 42.7 Å². The Bertz CT molecular complexity index is 925. The molecule has 5 heteroatoms. The average Bonchev–Trinajstić information content (AvgIpc) is 2.53. The van der Waals surface area contributed by atoms with Gasteiger partial charge in [-0.05, 0) is 24.5 Å². The second kappa shape index (κ2) is 5.43. The van der Waals surface area contributed by atoms with Gasteiger partial charge in [-0.15, -0.1) is 11.8 Å². The summed E-state index contributed by atoms with van der Waals surface area (Å²) in [7, 11) is 0. The van der Waals surface area contributed by atoms with Gasteiger partial charge in [0.15, 0.2) is 11.3 Å². The third-order valence-electron chi connectivity index (χ3n) is 3.10. The molecule has 21 heavy (non-hydrogen) atoms. The van der Waals surface area contributed by atoms with Crippen LogP contribution in [0.15, 0.2) is 56.6 Å². The van der Waals surface area contributed by atoms with E-state index in [1.165, 1.54) is 11.8 Å². The van der Waals surface area contributed by atoms with Crippen molar-refractivity contribution in [2.45, 2.75) is 4.90 Å². The van der Waals surface area contributed by atoms with Gasteiger partial charge in [0, 0.05) is 10.3 Å². The number of para-hydroxylation sites is 1. The molecule has 0 radical (unpaired) electrons. The summed E-state index contributed by atoms with van der Waals surface area (Å²) >= 11 is 1.34. The Morgan fingerprint density at radius 1 is 1.24 bits per heavy atom. The molecule has 0 atom stereocenters. The molecule has 0 bridgehead atoms. The molecule has 102 valence electrons. The molecule has 0 aliphatic carbocycles. The van der Waals surface area contributed by atoms with Gasteiger partial charge >= 0.3 is 5.63 Å². The monoisotopic (exact) mass is 294 g/mol. The fraction of sp³-hybridized carbons (Fsp3) is 0.0625. The largest absolute Gasteiger partial charge is 0.420 e. The molecule has 0 aliphatic rings. The molecule has 0 amide bonds. The van der Waals surface area contributed by atoms with E-state index in [9.17, 15) is 4.79 Å². The van der Waals surface area contributed by atoms with Gasteiger partial charge < -0.3 is 4.42 Å². The highest BCUT2D eigenvalue weighted by Gasteiger charge is 2.13. The first-order valence-corrected chi connectivity index (χ1v) is 7.44. The van der Waals surface area contributed by atoms with Gasteiger partial charge in [-0.25, -0.2) is 9.78 Å². The Kier molecular flexibility index (Phi) is 3.46. The summed E-state index contributed by atoms with van der Waals surface area (Å²) in [6, 6.07) is 15.0. The minimum atomic E-state index is -0.630. The lowest BCUT2D eigenvalue weighted by Gasteiger charge is -2.04. The molecular weight excluding hydrogens is 284 g/mol. The van der Waals surface area contributed by atoms with Crippen molar-refractivity contribution in [1.29, 1.82) is 5.26 Å². The number of hydrogen-bond acceptors (Lipinski definition) is 5. The SMILES string of the molecule is CSc1cc(-c2ccc3ccccc3n2)oc(=O)c1C#N. The lowest BCUT2D eigenvalue weighted by molar-refractivity contribution is 0.517. The van der Waals surface area contributed by atoms with Crippen LogP contribution in [0.3, 0.4) is 0 Å². The van der Waals surface area contributed by atoms with E-state index >= 15 is 0 Å². The fourth-order valence-corrected chi connectivity index (χ4v) is 2.62. The van der Waals surface area contributed by atoms with Gasteiger partial charge in [0.1, 0.15) is 11.8 Å². The number of fused-ring (bicyclic) bond motifs is 1. The van der Waals surface area contributed by atoms with Gasteiger partial charge in [-0.3, -0.25) is 0 Å². The molecule has 2 aromatic heterocycles. The van der Waals surface area contributed by atoms with Crippen LogP contribution in [0, 0.1) is 11.3 Å². The zero-order valence-corrected chi connectivity index (χ0v) is 12.0. The minimum Gasteiger partial charge on any atom is -0.420 e. The highest BCUT2D eigenvalue weighted by atomic mass is 32.2. The van der Waals surface area contributed by atoms with Crippen LogP contribution in [0.4, 0.5) is 0 Å². The molecule has 0 spiro atoms. The first-order chi connectivity index (χ1) is 10.2. The van der Waals surface area contributed by atoms with Crippen molar-refractivity contribution in [2.75, 3.05) is 6.26 Å². The number of nitriles is 1. The van der Waals surface area contributed by atoms with Crippen molar-refractivity contribution < 1.29 is 4.42 Å². The average molecular weight is 294 g/mol. The Labute approximate surface area is 125 Å². The second-order valence-electron chi connectivity index (χ2n) is 4.34. The van der Waals surface area contributed by atoms with Gasteiger partial charge in [0.2, 0.25) is 0 Å². The first-order valence-electron chi connectivity index (χ1n) is 6.21. The third kappa shape index (κ3) is 2.41. The van der Waals surface area contributed by atoms with Crippen molar-refractivity contribution in [3.8, 4) is 17.5 Å². The van der Waals surface area contributed by atoms with E-state index in [2.05, 4.69) is 4.98 Å². The number of hydrogen-bond donors (Lipinski definition) is 0. The van der Waals surface area contributed by atoms with Crippen molar-refractivity contribution >= 4 is 22.7 Å². The summed E-state index contributed by atoms with van der Waals surface area (Å²) in [5, 5.41) is 10.0. The van der Waals surface area contributed by atoms with E-state index in [4.69, 9.17) is 9.68 Å². The number of pyridine rings is 1. The standard InChI is InChI=1S/C16H10N2O2S/c1-21-15-8-14(20-16(19)11(15)9-17)13-7-6-10-4-2-3-5-12(10)18-13/h2-8H,1H3. The quantitative estimate of drug-likeness (QED) is 0.677. The van der Waals surface area contributed by atoms with Crippen LogP contribution >= 0.6 is 11.8 Å². The molecule has 2 heterocycles. The van der Waals surface area contributed by atoms with E-state index < -0.39 is 5.63 Å². The summed E-state index contributed by atoms with van der Waals surface area (Å²) < 4.78 is 5.22. The molecule has 1 aromatic carbocycles. The van der Waals surface area contributed by atoms with Crippen LogP contribution < -0.4 is 5.63 Å². The molecule has 0 saturated heterocycles. The number of rotatable bonds is 2. The molecule has 4 nitrogen and oxygen atoms in total. The van der Waals surface area contributed by atoms with Crippen molar-refractivity contribution in [2.24, 2.45) is 0 Å². The van der Waals surface area contributed by atoms with Crippen LogP contribution in [0.1, 0.15) is 5.56 Å². The summed E-state index contributed by atoms with van der Waals surface area (Å²) in [6.07, 6.45) is 1.81. The summed E-state index contributed by atoms with van der Waals surface area (Å²) in [5.74, 6) is 0.370. The van der Waals surface area contributed by atoms with Crippen LogP contribution in [0.2, 0.25) is 0 Å². The lowest BCUT2D eigenvalue weighted by atomic mass is 10.2. The van der Waals surface area contributed by atoms with Crippen molar-refractivity contribution in [3.63, 3.8) is 0 Å². The molecule has 3 rings (SSSR count). The molecular formula is C16H10N2O2S. The smallest absolute Gasteiger partial charge is 0.355 e. The maximum Gasteiger partial charge on any atom is 0.355 e. The fourth-order valence-electron chi connectivity index (χ4n) is 2.06. The van der Waals surface area contributed by atoms with E-state index in [-0.39, 0.29) is 5.56 Å². The van der Waals surface area contributed by atoms with Crippen LogP contribution in [0.25, 0.3) is 22.4 Å². The Hall–Kier alpha value is -2.58. The number of aromatic nitrogens is 1. The Balaban J connectivity index is 2.21. The highest BCUT2D eigenvalue weighted by molar-refractivity contribution is 7.98. The maximum atomic E-state index is 11.9. The van der Waals surface area contributed by atoms with E-state index in [0.29, 0.717) is 16.3 Å². The topological polar surface area (TPSA) is 66.9 Å². The van der Waals surface area contributed by atoms with Gasteiger partial charge in [-0.2, -0.15) is 5.26 Å². The summed E-state index contributed by atoms with van der Waals surface area (Å²) in [5.41, 5.74) is 0.805. The summed E-state index contributed by atoms with van der Waals surface area (Å²) in [4.78, 5) is 16.9. The van der Waals surface area contributed by atoms with E-state index in [0.717, 1.165) is 10.9 Å².